The third-order valence-corrected chi connectivity index (χ3v) is 4.32. The molecule has 0 spiro atoms. The summed E-state index contributed by atoms with van der Waals surface area (Å²) >= 11 is 0. The Morgan fingerprint density at radius 1 is 1.26 bits per heavy atom. The molecule has 1 aromatic rings. The fourth-order valence-corrected chi connectivity index (χ4v) is 3.04. The zero-order valence-corrected chi connectivity index (χ0v) is 11.6. The maximum absolute atomic E-state index is 13.4. The van der Waals surface area contributed by atoms with Crippen molar-refractivity contribution in [3.8, 4) is 0 Å². The number of piperidine rings is 1. The molecule has 106 valence electrons. The standard InChI is InChI=1S/C15H22F2N2/c1-10-4-3-5-19(11(10)2)15(9-18)12-6-13(16)8-14(17)7-12/h6-8,10-11,15H,3-5,9,18H2,1-2H3. The molecule has 0 aromatic heterocycles. The first-order valence-electron chi connectivity index (χ1n) is 6.94. The van der Waals surface area contributed by atoms with E-state index in [1.165, 1.54) is 18.6 Å². The van der Waals surface area contributed by atoms with Gasteiger partial charge in [-0.2, -0.15) is 0 Å². The minimum absolute atomic E-state index is 0.108. The van der Waals surface area contributed by atoms with Crippen LogP contribution in [0, 0.1) is 17.6 Å². The minimum Gasteiger partial charge on any atom is -0.329 e. The Hall–Kier alpha value is -1.00. The van der Waals surface area contributed by atoms with E-state index in [-0.39, 0.29) is 6.04 Å². The van der Waals surface area contributed by atoms with Gasteiger partial charge in [-0.15, -0.1) is 0 Å². The van der Waals surface area contributed by atoms with Crippen LogP contribution in [0.1, 0.15) is 38.3 Å². The molecule has 2 N–H and O–H groups in total. The predicted octanol–water partition coefficient (Wildman–Crippen LogP) is 3.09. The van der Waals surface area contributed by atoms with Crippen molar-refractivity contribution in [3.05, 3.63) is 35.4 Å². The molecule has 2 rings (SSSR count). The first-order chi connectivity index (χ1) is 9.02. The van der Waals surface area contributed by atoms with Crippen LogP contribution in [0.15, 0.2) is 18.2 Å². The second-order valence-electron chi connectivity index (χ2n) is 5.55. The second kappa shape index (κ2) is 5.97. The maximum Gasteiger partial charge on any atom is 0.126 e. The van der Waals surface area contributed by atoms with Gasteiger partial charge in [-0.3, -0.25) is 4.90 Å². The molecule has 1 aliphatic rings. The zero-order chi connectivity index (χ0) is 14.0. The van der Waals surface area contributed by atoms with Gasteiger partial charge in [0.15, 0.2) is 0 Å². The molecule has 3 atom stereocenters. The predicted molar refractivity (Wildman–Crippen MR) is 72.7 cm³/mol. The van der Waals surface area contributed by atoms with Crippen LogP contribution in [0.3, 0.4) is 0 Å². The molecule has 0 radical (unpaired) electrons. The highest BCUT2D eigenvalue weighted by molar-refractivity contribution is 5.22. The van der Waals surface area contributed by atoms with Gasteiger partial charge in [0.2, 0.25) is 0 Å². The minimum atomic E-state index is -0.536. The highest BCUT2D eigenvalue weighted by Crippen LogP contribution is 2.31. The van der Waals surface area contributed by atoms with E-state index < -0.39 is 11.6 Å². The molecule has 0 bridgehead atoms. The third kappa shape index (κ3) is 3.12. The summed E-state index contributed by atoms with van der Waals surface area (Å²) in [6, 6.07) is 3.97. The highest BCUT2D eigenvalue weighted by Gasteiger charge is 2.30. The summed E-state index contributed by atoms with van der Waals surface area (Å²) in [6.07, 6.45) is 2.31. The first kappa shape index (κ1) is 14.4. The van der Waals surface area contributed by atoms with Crippen LogP contribution in [0.5, 0.6) is 0 Å². The average molecular weight is 268 g/mol. The van der Waals surface area contributed by atoms with Crippen molar-refractivity contribution in [1.29, 1.82) is 0 Å². The Labute approximate surface area is 113 Å². The van der Waals surface area contributed by atoms with Crippen molar-refractivity contribution in [1.82, 2.24) is 4.90 Å². The number of rotatable bonds is 3. The SMILES string of the molecule is CC1CCCN(C(CN)c2cc(F)cc(F)c2)C1C. The molecular weight excluding hydrogens is 246 g/mol. The van der Waals surface area contributed by atoms with Crippen molar-refractivity contribution in [3.63, 3.8) is 0 Å². The van der Waals surface area contributed by atoms with Crippen LogP contribution in [0.25, 0.3) is 0 Å². The van der Waals surface area contributed by atoms with Crippen LogP contribution < -0.4 is 5.73 Å². The maximum atomic E-state index is 13.4. The molecule has 1 aromatic carbocycles. The molecule has 1 aliphatic heterocycles. The van der Waals surface area contributed by atoms with Crippen molar-refractivity contribution in [2.24, 2.45) is 11.7 Å². The Kier molecular flexibility index (Phi) is 4.53. The molecule has 1 saturated heterocycles. The fourth-order valence-electron chi connectivity index (χ4n) is 3.04. The monoisotopic (exact) mass is 268 g/mol. The first-order valence-corrected chi connectivity index (χ1v) is 6.94. The molecule has 1 fully saturated rings. The van der Waals surface area contributed by atoms with E-state index >= 15 is 0 Å². The van der Waals surface area contributed by atoms with Gasteiger partial charge in [-0.05, 0) is 49.9 Å². The van der Waals surface area contributed by atoms with Crippen LogP contribution >= 0.6 is 0 Å². The van der Waals surface area contributed by atoms with E-state index in [4.69, 9.17) is 5.73 Å². The molecule has 19 heavy (non-hydrogen) atoms. The highest BCUT2D eigenvalue weighted by atomic mass is 19.1. The number of halogens is 2. The van der Waals surface area contributed by atoms with E-state index in [1.54, 1.807) is 0 Å². The number of hydrogen-bond donors (Lipinski definition) is 1. The zero-order valence-electron chi connectivity index (χ0n) is 11.6. The molecule has 0 amide bonds. The second-order valence-corrected chi connectivity index (χ2v) is 5.55. The lowest BCUT2D eigenvalue weighted by Crippen LogP contribution is -2.46. The van der Waals surface area contributed by atoms with E-state index in [0.717, 1.165) is 19.0 Å². The van der Waals surface area contributed by atoms with E-state index in [2.05, 4.69) is 18.7 Å². The summed E-state index contributed by atoms with van der Waals surface area (Å²) in [5.74, 6) is -0.487. The molecule has 3 unspecified atom stereocenters. The van der Waals surface area contributed by atoms with Gasteiger partial charge in [0.1, 0.15) is 11.6 Å². The van der Waals surface area contributed by atoms with Crippen LogP contribution in [0.4, 0.5) is 8.78 Å². The summed E-state index contributed by atoms with van der Waals surface area (Å²) in [7, 11) is 0. The normalized spacial score (nSPS) is 26.4. The van der Waals surface area contributed by atoms with Gasteiger partial charge < -0.3 is 5.73 Å². The number of likely N-dealkylation sites (tertiary alicyclic amines) is 1. The molecule has 0 saturated carbocycles. The summed E-state index contributed by atoms with van der Waals surface area (Å²) < 4.78 is 26.7. The van der Waals surface area contributed by atoms with E-state index in [0.29, 0.717) is 24.1 Å². The van der Waals surface area contributed by atoms with Gasteiger partial charge in [0.05, 0.1) is 0 Å². The fraction of sp³-hybridized carbons (Fsp3) is 0.600. The van der Waals surface area contributed by atoms with E-state index in [9.17, 15) is 8.78 Å². The van der Waals surface area contributed by atoms with Crippen molar-refractivity contribution in [2.45, 2.75) is 38.8 Å². The van der Waals surface area contributed by atoms with Crippen molar-refractivity contribution in [2.75, 3.05) is 13.1 Å². The van der Waals surface area contributed by atoms with Gasteiger partial charge in [0, 0.05) is 24.7 Å². The Morgan fingerprint density at radius 2 is 1.89 bits per heavy atom. The van der Waals surface area contributed by atoms with Crippen molar-refractivity contribution >= 4 is 0 Å². The molecule has 2 nitrogen and oxygen atoms in total. The summed E-state index contributed by atoms with van der Waals surface area (Å²) in [5.41, 5.74) is 6.50. The van der Waals surface area contributed by atoms with Gasteiger partial charge in [-0.1, -0.05) is 6.92 Å². The Balaban J connectivity index is 2.28. The van der Waals surface area contributed by atoms with Gasteiger partial charge >= 0.3 is 0 Å². The molecule has 1 heterocycles. The Bertz CT molecular complexity index is 416. The summed E-state index contributed by atoms with van der Waals surface area (Å²) in [5, 5.41) is 0. The topological polar surface area (TPSA) is 29.3 Å². The van der Waals surface area contributed by atoms with Gasteiger partial charge in [0.25, 0.3) is 0 Å². The number of nitrogens with two attached hydrogens (primary N) is 1. The quantitative estimate of drug-likeness (QED) is 0.912. The lowest BCUT2D eigenvalue weighted by molar-refractivity contribution is 0.0707. The Morgan fingerprint density at radius 3 is 2.47 bits per heavy atom. The average Bonchev–Trinajstić information content (AvgIpc) is 2.34. The largest absolute Gasteiger partial charge is 0.329 e. The summed E-state index contributed by atoms with van der Waals surface area (Å²) in [4.78, 5) is 2.28. The lowest BCUT2D eigenvalue weighted by Gasteiger charge is -2.42. The van der Waals surface area contributed by atoms with Crippen LogP contribution in [0.2, 0.25) is 0 Å². The van der Waals surface area contributed by atoms with E-state index in [1.807, 2.05) is 0 Å². The third-order valence-electron chi connectivity index (χ3n) is 4.32. The van der Waals surface area contributed by atoms with Gasteiger partial charge in [-0.25, -0.2) is 8.78 Å². The lowest BCUT2D eigenvalue weighted by atomic mass is 9.89. The van der Waals surface area contributed by atoms with Crippen LogP contribution in [-0.4, -0.2) is 24.0 Å². The smallest absolute Gasteiger partial charge is 0.126 e. The molecular formula is C15H22F2N2. The molecule has 0 aliphatic carbocycles. The molecule has 4 heteroatoms. The van der Waals surface area contributed by atoms with Crippen LogP contribution in [-0.2, 0) is 0 Å². The number of benzene rings is 1. The summed E-state index contributed by atoms with van der Waals surface area (Å²) in [6.45, 7) is 5.70. The number of nitrogens with zero attached hydrogens (tertiary/aromatic N) is 1. The number of hydrogen-bond acceptors (Lipinski definition) is 2. The van der Waals surface area contributed by atoms with Crippen molar-refractivity contribution < 1.29 is 8.78 Å².